The van der Waals surface area contributed by atoms with Crippen molar-refractivity contribution in [1.29, 1.82) is 0 Å². The van der Waals surface area contributed by atoms with E-state index in [1.54, 1.807) is 6.07 Å². The molecule has 1 aliphatic heterocycles. The fourth-order valence-electron chi connectivity index (χ4n) is 4.71. The zero-order chi connectivity index (χ0) is 16.7. The van der Waals surface area contributed by atoms with Crippen LogP contribution in [-0.4, -0.2) is 18.0 Å². The molecule has 3 heteroatoms. The van der Waals surface area contributed by atoms with Crippen LogP contribution in [-0.2, 0) is 13.0 Å². The molecule has 0 aromatic heterocycles. The zero-order valence-corrected chi connectivity index (χ0v) is 14.0. The predicted octanol–water partition coefficient (Wildman–Crippen LogP) is 5.18. The molecule has 1 heterocycles. The molecule has 0 N–H and O–H groups in total. The lowest BCUT2D eigenvalue weighted by molar-refractivity contribution is 0.148. The van der Waals surface area contributed by atoms with Crippen LogP contribution in [0.3, 0.4) is 0 Å². The number of hydrogen-bond acceptors (Lipinski definition) is 1. The first-order valence-electron chi connectivity index (χ1n) is 8.73. The molecule has 1 nitrogen and oxygen atoms in total. The lowest BCUT2D eigenvalue weighted by Gasteiger charge is -2.37. The summed E-state index contributed by atoms with van der Waals surface area (Å²) < 4.78 is 26.7. The number of hydrogen-bond donors (Lipinski definition) is 0. The summed E-state index contributed by atoms with van der Waals surface area (Å²) in [6.45, 7) is 5.29. The Kier molecular flexibility index (Phi) is 3.92. The molecule has 1 saturated heterocycles. The van der Waals surface area contributed by atoms with Crippen LogP contribution < -0.4 is 0 Å². The SMILES string of the molecule is CC12CCc3c(C(F)F)cccc3C1CN(Cc1ccccc1)C2. The molecule has 0 saturated carbocycles. The van der Waals surface area contributed by atoms with Crippen molar-refractivity contribution >= 4 is 0 Å². The van der Waals surface area contributed by atoms with Crippen molar-refractivity contribution < 1.29 is 8.78 Å². The summed E-state index contributed by atoms with van der Waals surface area (Å²) in [7, 11) is 0. The van der Waals surface area contributed by atoms with Crippen LogP contribution in [0.15, 0.2) is 48.5 Å². The van der Waals surface area contributed by atoms with E-state index in [9.17, 15) is 8.78 Å². The van der Waals surface area contributed by atoms with Gasteiger partial charge in [0.1, 0.15) is 0 Å². The van der Waals surface area contributed by atoms with Gasteiger partial charge in [-0.1, -0.05) is 55.5 Å². The average Bonchev–Trinajstić information content (AvgIpc) is 2.91. The zero-order valence-electron chi connectivity index (χ0n) is 14.0. The van der Waals surface area contributed by atoms with Crippen LogP contribution in [0.2, 0.25) is 0 Å². The molecule has 0 radical (unpaired) electrons. The topological polar surface area (TPSA) is 3.24 Å². The number of fused-ring (bicyclic) bond motifs is 3. The number of alkyl halides is 2. The van der Waals surface area contributed by atoms with Crippen molar-refractivity contribution in [2.24, 2.45) is 5.41 Å². The lowest BCUT2D eigenvalue weighted by Crippen LogP contribution is -2.31. The molecule has 2 aliphatic rings. The third-order valence-corrected chi connectivity index (χ3v) is 5.92. The van der Waals surface area contributed by atoms with Gasteiger partial charge in [0.15, 0.2) is 0 Å². The Hall–Kier alpha value is -1.74. The van der Waals surface area contributed by atoms with Crippen molar-refractivity contribution in [3.8, 4) is 0 Å². The molecule has 0 amide bonds. The van der Waals surface area contributed by atoms with Crippen LogP contribution in [0.5, 0.6) is 0 Å². The summed E-state index contributed by atoms with van der Waals surface area (Å²) in [5.74, 6) is 0.365. The van der Waals surface area contributed by atoms with Gasteiger partial charge in [-0.3, -0.25) is 4.90 Å². The van der Waals surface area contributed by atoms with E-state index in [1.165, 1.54) is 5.56 Å². The Bertz CT molecular complexity index is 728. The summed E-state index contributed by atoms with van der Waals surface area (Å²) in [6, 6.07) is 16.0. The van der Waals surface area contributed by atoms with Gasteiger partial charge in [-0.2, -0.15) is 0 Å². The van der Waals surface area contributed by atoms with E-state index in [0.717, 1.165) is 43.6 Å². The van der Waals surface area contributed by atoms with Crippen LogP contribution in [0, 0.1) is 5.41 Å². The highest BCUT2D eigenvalue weighted by Gasteiger charge is 2.46. The van der Waals surface area contributed by atoms with Crippen LogP contribution in [0.1, 0.15) is 47.9 Å². The number of benzene rings is 2. The molecule has 126 valence electrons. The molecule has 2 unspecified atom stereocenters. The molecule has 0 bridgehead atoms. The second kappa shape index (κ2) is 5.96. The molecule has 24 heavy (non-hydrogen) atoms. The predicted molar refractivity (Wildman–Crippen MR) is 92.3 cm³/mol. The van der Waals surface area contributed by atoms with Crippen molar-refractivity contribution in [3.05, 3.63) is 70.8 Å². The van der Waals surface area contributed by atoms with E-state index in [1.807, 2.05) is 12.1 Å². The van der Waals surface area contributed by atoms with E-state index in [0.29, 0.717) is 5.92 Å². The summed E-state index contributed by atoms with van der Waals surface area (Å²) in [6.07, 6.45) is -0.590. The first-order chi connectivity index (χ1) is 11.6. The maximum absolute atomic E-state index is 13.3. The number of nitrogens with zero attached hydrogens (tertiary/aromatic N) is 1. The largest absolute Gasteiger partial charge is 0.298 e. The fourth-order valence-corrected chi connectivity index (χ4v) is 4.71. The van der Waals surface area contributed by atoms with E-state index in [2.05, 4.69) is 42.2 Å². The van der Waals surface area contributed by atoms with Gasteiger partial charge in [-0.05, 0) is 34.9 Å². The van der Waals surface area contributed by atoms with Crippen LogP contribution in [0.4, 0.5) is 8.78 Å². The van der Waals surface area contributed by atoms with E-state index in [-0.39, 0.29) is 11.0 Å². The Morgan fingerprint density at radius 1 is 1.12 bits per heavy atom. The van der Waals surface area contributed by atoms with Crippen molar-refractivity contribution in [1.82, 2.24) is 4.90 Å². The van der Waals surface area contributed by atoms with Gasteiger partial charge >= 0.3 is 0 Å². The maximum Gasteiger partial charge on any atom is 0.264 e. The Balaban J connectivity index is 1.62. The molecule has 1 aliphatic carbocycles. The van der Waals surface area contributed by atoms with Crippen molar-refractivity contribution in [2.45, 2.75) is 38.7 Å². The highest BCUT2D eigenvalue weighted by atomic mass is 19.3. The van der Waals surface area contributed by atoms with E-state index in [4.69, 9.17) is 0 Å². The second-order valence-electron chi connectivity index (χ2n) is 7.58. The molecule has 2 aromatic carbocycles. The van der Waals surface area contributed by atoms with Crippen molar-refractivity contribution in [3.63, 3.8) is 0 Å². The molecular formula is C21H23F2N. The van der Waals surface area contributed by atoms with Crippen molar-refractivity contribution in [2.75, 3.05) is 13.1 Å². The van der Waals surface area contributed by atoms with E-state index < -0.39 is 6.43 Å². The first kappa shape index (κ1) is 15.8. The minimum absolute atomic E-state index is 0.197. The number of rotatable bonds is 3. The standard InChI is InChI=1S/C21H23F2N/c1-21-11-10-16-17(8-5-9-18(16)20(22)23)19(21)13-24(14-21)12-15-6-3-2-4-7-15/h2-9,19-20H,10-14H2,1H3. The highest BCUT2D eigenvalue weighted by Crippen LogP contribution is 2.51. The summed E-state index contributed by atoms with van der Waals surface area (Å²) in [4.78, 5) is 2.49. The lowest BCUT2D eigenvalue weighted by atomic mass is 9.66. The van der Waals surface area contributed by atoms with Crippen LogP contribution >= 0.6 is 0 Å². The molecule has 2 atom stereocenters. The highest BCUT2D eigenvalue weighted by molar-refractivity contribution is 5.42. The van der Waals surface area contributed by atoms with Gasteiger partial charge in [-0.15, -0.1) is 0 Å². The summed E-state index contributed by atoms with van der Waals surface area (Å²) in [5.41, 5.74) is 3.84. The Morgan fingerprint density at radius 3 is 2.67 bits per heavy atom. The minimum Gasteiger partial charge on any atom is -0.298 e. The smallest absolute Gasteiger partial charge is 0.264 e. The fraction of sp³-hybridized carbons (Fsp3) is 0.429. The Labute approximate surface area is 142 Å². The molecule has 2 aromatic rings. The molecular weight excluding hydrogens is 304 g/mol. The Morgan fingerprint density at radius 2 is 1.92 bits per heavy atom. The third kappa shape index (κ3) is 2.65. The monoisotopic (exact) mass is 327 g/mol. The van der Waals surface area contributed by atoms with E-state index >= 15 is 0 Å². The number of likely N-dealkylation sites (tertiary alicyclic amines) is 1. The average molecular weight is 327 g/mol. The first-order valence-corrected chi connectivity index (χ1v) is 8.73. The number of halogens is 2. The minimum atomic E-state index is -2.37. The van der Waals surface area contributed by atoms with Crippen LogP contribution in [0.25, 0.3) is 0 Å². The van der Waals surface area contributed by atoms with Gasteiger partial charge in [0, 0.05) is 31.1 Å². The third-order valence-electron chi connectivity index (χ3n) is 5.92. The van der Waals surface area contributed by atoms with Gasteiger partial charge in [-0.25, -0.2) is 8.78 Å². The van der Waals surface area contributed by atoms with Gasteiger partial charge in [0.2, 0.25) is 0 Å². The normalized spacial score (nSPS) is 26.4. The second-order valence-corrected chi connectivity index (χ2v) is 7.58. The molecule has 0 spiro atoms. The quantitative estimate of drug-likeness (QED) is 0.751. The van der Waals surface area contributed by atoms with Gasteiger partial charge in [0.25, 0.3) is 6.43 Å². The summed E-state index contributed by atoms with van der Waals surface area (Å²) in [5, 5.41) is 0. The van der Waals surface area contributed by atoms with Gasteiger partial charge < -0.3 is 0 Å². The maximum atomic E-state index is 13.3. The molecule has 1 fully saturated rings. The summed E-state index contributed by atoms with van der Waals surface area (Å²) >= 11 is 0. The molecule has 4 rings (SSSR count). The van der Waals surface area contributed by atoms with Gasteiger partial charge in [0.05, 0.1) is 0 Å².